The molecule has 1 amide bonds. The molecule has 0 atom stereocenters. The number of nitrogens with one attached hydrogen (secondary N) is 2. The molecule has 1 aliphatic carbocycles. The molecule has 5 heteroatoms. The zero-order valence-corrected chi connectivity index (χ0v) is 10.1. The van der Waals surface area contributed by atoms with E-state index >= 15 is 0 Å². The van der Waals surface area contributed by atoms with E-state index in [0.29, 0.717) is 19.6 Å². The van der Waals surface area contributed by atoms with Crippen molar-refractivity contribution in [3.05, 3.63) is 23.8 Å². The molecule has 0 heterocycles. The molecule has 0 bridgehead atoms. The van der Waals surface area contributed by atoms with Gasteiger partial charge in [-0.15, -0.1) is 0 Å². The van der Waals surface area contributed by atoms with Gasteiger partial charge in [-0.2, -0.15) is 0 Å². The van der Waals surface area contributed by atoms with E-state index in [1.54, 1.807) is 6.07 Å². The first kappa shape index (κ1) is 12.7. The first-order chi connectivity index (χ1) is 8.66. The van der Waals surface area contributed by atoms with Crippen molar-refractivity contribution in [1.29, 1.82) is 0 Å². The van der Waals surface area contributed by atoms with Gasteiger partial charge in [0.05, 0.1) is 0 Å². The minimum absolute atomic E-state index is 0.115. The van der Waals surface area contributed by atoms with Crippen LogP contribution in [0.4, 0.5) is 0 Å². The summed E-state index contributed by atoms with van der Waals surface area (Å²) < 4.78 is 0. The maximum atomic E-state index is 11.3. The molecule has 0 saturated heterocycles. The van der Waals surface area contributed by atoms with Crippen molar-refractivity contribution in [2.75, 3.05) is 13.1 Å². The molecular weight excluding hydrogens is 232 g/mol. The van der Waals surface area contributed by atoms with Crippen LogP contribution in [-0.2, 0) is 11.3 Å². The molecule has 0 spiro atoms. The molecule has 0 aliphatic heterocycles. The number of rotatable bonds is 6. The van der Waals surface area contributed by atoms with E-state index in [2.05, 4.69) is 10.6 Å². The Morgan fingerprint density at radius 1 is 1.22 bits per heavy atom. The number of hydrogen-bond donors (Lipinski definition) is 4. The number of carbonyl (C=O) groups excluding carboxylic acids is 1. The molecule has 2 rings (SSSR count). The smallest absolute Gasteiger partial charge is 0.223 e. The third-order valence-corrected chi connectivity index (χ3v) is 2.92. The van der Waals surface area contributed by atoms with Gasteiger partial charge < -0.3 is 20.8 Å². The van der Waals surface area contributed by atoms with Gasteiger partial charge in [-0.3, -0.25) is 4.79 Å². The van der Waals surface area contributed by atoms with E-state index in [0.717, 1.165) is 18.4 Å². The van der Waals surface area contributed by atoms with Crippen LogP contribution in [0.2, 0.25) is 0 Å². The van der Waals surface area contributed by atoms with Gasteiger partial charge in [0.2, 0.25) is 5.91 Å². The molecule has 1 aliphatic rings. The molecule has 5 nitrogen and oxygen atoms in total. The summed E-state index contributed by atoms with van der Waals surface area (Å²) in [5.41, 5.74) is 0.888. The quantitative estimate of drug-likeness (QED) is 0.443. The van der Waals surface area contributed by atoms with Crippen LogP contribution in [0.1, 0.15) is 18.4 Å². The molecular formula is C13H18N2O3. The van der Waals surface area contributed by atoms with E-state index in [4.69, 9.17) is 5.11 Å². The van der Waals surface area contributed by atoms with Gasteiger partial charge in [0.1, 0.15) is 0 Å². The summed E-state index contributed by atoms with van der Waals surface area (Å²) in [6.45, 7) is 1.88. The Balaban J connectivity index is 1.62. The van der Waals surface area contributed by atoms with Gasteiger partial charge in [0.25, 0.3) is 0 Å². The van der Waals surface area contributed by atoms with Crippen LogP contribution in [0.3, 0.4) is 0 Å². The Morgan fingerprint density at radius 2 is 2.00 bits per heavy atom. The van der Waals surface area contributed by atoms with Gasteiger partial charge in [0.15, 0.2) is 11.5 Å². The van der Waals surface area contributed by atoms with Crippen LogP contribution in [0.25, 0.3) is 0 Å². The van der Waals surface area contributed by atoms with Crippen LogP contribution >= 0.6 is 0 Å². The average molecular weight is 250 g/mol. The fourth-order valence-electron chi connectivity index (χ4n) is 1.68. The molecule has 1 aromatic carbocycles. The first-order valence-corrected chi connectivity index (χ1v) is 6.16. The Morgan fingerprint density at radius 3 is 2.67 bits per heavy atom. The number of aromatic hydroxyl groups is 2. The number of benzene rings is 1. The maximum absolute atomic E-state index is 11.3. The lowest BCUT2D eigenvalue weighted by molar-refractivity contribution is -0.122. The number of carbonyl (C=O) groups is 1. The molecule has 4 N–H and O–H groups in total. The van der Waals surface area contributed by atoms with Crippen molar-refractivity contribution in [3.63, 3.8) is 0 Å². The second kappa shape index (κ2) is 5.73. The minimum atomic E-state index is -0.115. The third-order valence-electron chi connectivity index (χ3n) is 2.92. The zero-order chi connectivity index (χ0) is 13.0. The van der Waals surface area contributed by atoms with Gasteiger partial charge in [-0.1, -0.05) is 6.07 Å². The fraction of sp³-hybridized carbons (Fsp3) is 0.462. The van der Waals surface area contributed by atoms with E-state index in [-0.39, 0.29) is 23.3 Å². The van der Waals surface area contributed by atoms with Crippen molar-refractivity contribution in [1.82, 2.24) is 10.6 Å². The highest BCUT2D eigenvalue weighted by Gasteiger charge is 2.28. The highest BCUT2D eigenvalue weighted by molar-refractivity contribution is 5.80. The number of amides is 1. The summed E-state index contributed by atoms with van der Waals surface area (Å²) in [6, 6.07) is 4.72. The van der Waals surface area contributed by atoms with Crippen molar-refractivity contribution >= 4 is 5.91 Å². The highest BCUT2D eigenvalue weighted by atomic mass is 16.3. The lowest BCUT2D eigenvalue weighted by atomic mass is 10.2. The van der Waals surface area contributed by atoms with E-state index < -0.39 is 0 Å². The predicted octanol–water partition coefficient (Wildman–Crippen LogP) is 0.714. The van der Waals surface area contributed by atoms with Crippen LogP contribution in [-0.4, -0.2) is 29.2 Å². The lowest BCUT2D eigenvalue weighted by Gasteiger charge is -2.07. The molecule has 1 saturated carbocycles. The Labute approximate surface area is 106 Å². The molecule has 1 aromatic rings. The van der Waals surface area contributed by atoms with Crippen molar-refractivity contribution in [3.8, 4) is 11.5 Å². The largest absolute Gasteiger partial charge is 0.504 e. The summed E-state index contributed by atoms with van der Waals surface area (Å²) in [7, 11) is 0. The summed E-state index contributed by atoms with van der Waals surface area (Å²) in [5.74, 6) is 0.171. The van der Waals surface area contributed by atoms with Crippen molar-refractivity contribution < 1.29 is 15.0 Å². The highest BCUT2D eigenvalue weighted by Crippen LogP contribution is 2.28. The number of hydrogen-bond acceptors (Lipinski definition) is 4. The Bertz CT molecular complexity index is 430. The molecule has 0 aromatic heterocycles. The Kier molecular flexibility index (Phi) is 4.04. The van der Waals surface area contributed by atoms with Gasteiger partial charge in [0, 0.05) is 25.6 Å². The van der Waals surface area contributed by atoms with Crippen LogP contribution in [0, 0.1) is 5.92 Å². The molecule has 98 valence electrons. The van der Waals surface area contributed by atoms with Gasteiger partial charge >= 0.3 is 0 Å². The number of phenols is 2. The SMILES string of the molecule is O=C(NCCNCc1ccc(O)c(O)c1)C1CC1. The Hall–Kier alpha value is -1.75. The van der Waals surface area contributed by atoms with Crippen molar-refractivity contribution in [2.24, 2.45) is 5.92 Å². The predicted molar refractivity (Wildman–Crippen MR) is 67.2 cm³/mol. The topological polar surface area (TPSA) is 81.6 Å². The van der Waals surface area contributed by atoms with Gasteiger partial charge in [-0.05, 0) is 30.5 Å². The lowest BCUT2D eigenvalue weighted by Crippen LogP contribution is -2.32. The van der Waals surface area contributed by atoms with Crippen molar-refractivity contribution in [2.45, 2.75) is 19.4 Å². The van der Waals surface area contributed by atoms with Crippen LogP contribution < -0.4 is 10.6 Å². The zero-order valence-electron chi connectivity index (χ0n) is 10.1. The monoisotopic (exact) mass is 250 g/mol. The summed E-state index contributed by atoms with van der Waals surface area (Å²) in [4.78, 5) is 11.3. The fourth-order valence-corrected chi connectivity index (χ4v) is 1.68. The minimum Gasteiger partial charge on any atom is -0.504 e. The van der Waals surface area contributed by atoms with E-state index in [1.807, 2.05) is 0 Å². The number of phenolic OH excluding ortho intramolecular Hbond substituents is 2. The first-order valence-electron chi connectivity index (χ1n) is 6.16. The summed E-state index contributed by atoms with van der Waals surface area (Å²) >= 11 is 0. The van der Waals surface area contributed by atoms with Crippen LogP contribution in [0.5, 0.6) is 11.5 Å². The van der Waals surface area contributed by atoms with Gasteiger partial charge in [-0.25, -0.2) is 0 Å². The normalized spacial score (nSPS) is 14.4. The van der Waals surface area contributed by atoms with E-state index in [1.165, 1.54) is 12.1 Å². The molecule has 1 fully saturated rings. The maximum Gasteiger partial charge on any atom is 0.223 e. The molecule has 0 radical (unpaired) electrons. The van der Waals surface area contributed by atoms with Crippen LogP contribution in [0.15, 0.2) is 18.2 Å². The molecule has 0 unspecified atom stereocenters. The molecule has 18 heavy (non-hydrogen) atoms. The average Bonchev–Trinajstić information content (AvgIpc) is 3.17. The summed E-state index contributed by atoms with van der Waals surface area (Å²) in [5, 5.41) is 24.5. The standard InChI is InChI=1S/C13H18N2O3/c16-11-4-1-9(7-12(11)17)8-14-5-6-15-13(18)10-2-3-10/h1,4,7,10,14,16-17H,2-3,5-6,8H2,(H,15,18). The second-order valence-electron chi connectivity index (χ2n) is 4.57. The second-order valence-corrected chi connectivity index (χ2v) is 4.57. The third kappa shape index (κ3) is 3.63. The summed E-state index contributed by atoms with van der Waals surface area (Å²) in [6.07, 6.45) is 2.04. The van der Waals surface area contributed by atoms with E-state index in [9.17, 15) is 9.90 Å².